The molecule has 0 radical (unpaired) electrons. The standard InChI is InChI=1S/C9H11NO3S2/c1-12-9(11)13-6-7-14-15-8-4-2-3-5-10-8/h2-5H,6-7H2,1H3. The van der Waals surface area contributed by atoms with Gasteiger partial charge in [0, 0.05) is 11.9 Å². The van der Waals surface area contributed by atoms with Crippen molar-refractivity contribution in [3.05, 3.63) is 24.4 Å². The van der Waals surface area contributed by atoms with Crippen LogP contribution in [-0.2, 0) is 9.47 Å². The van der Waals surface area contributed by atoms with Crippen LogP contribution in [0.5, 0.6) is 0 Å². The van der Waals surface area contributed by atoms with Crippen LogP contribution in [0.3, 0.4) is 0 Å². The van der Waals surface area contributed by atoms with Crippen molar-refractivity contribution in [2.24, 2.45) is 0 Å². The number of hydrogen-bond donors (Lipinski definition) is 0. The fourth-order valence-electron chi connectivity index (χ4n) is 0.716. The first-order valence-corrected chi connectivity index (χ1v) is 6.56. The van der Waals surface area contributed by atoms with Gasteiger partial charge in [0.2, 0.25) is 0 Å². The maximum absolute atomic E-state index is 10.6. The first kappa shape index (κ1) is 12.2. The molecule has 0 bridgehead atoms. The van der Waals surface area contributed by atoms with Crippen molar-refractivity contribution in [1.82, 2.24) is 4.98 Å². The van der Waals surface area contributed by atoms with Crippen molar-refractivity contribution < 1.29 is 14.3 Å². The zero-order valence-corrected chi connectivity index (χ0v) is 9.85. The molecule has 1 aromatic heterocycles. The highest BCUT2D eigenvalue weighted by Crippen LogP contribution is 2.28. The van der Waals surface area contributed by atoms with Crippen LogP contribution in [0.25, 0.3) is 0 Å². The van der Waals surface area contributed by atoms with Gasteiger partial charge in [0.05, 0.1) is 7.11 Å². The van der Waals surface area contributed by atoms with E-state index in [1.807, 2.05) is 18.2 Å². The third-order valence-corrected chi connectivity index (χ3v) is 3.56. The van der Waals surface area contributed by atoms with Crippen molar-refractivity contribution in [2.45, 2.75) is 5.03 Å². The molecule has 0 aromatic carbocycles. The summed E-state index contributed by atoms with van der Waals surface area (Å²) in [5.74, 6) is 0.705. The quantitative estimate of drug-likeness (QED) is 0.451. The minimum atomic E-state index is -0.640. The second-order valence-electron chi connectivity index (χ2n) is 2.38. The molecule has 15 heavy (non-hydrogen) atoms. The van der Waals surface area contributed by atoms with Gasteiger partial charge in [-0.25, -0.2) is 9.78 Å². The zero-order chi connectivity index (χ0) is 10.9. The van der Waals surface area contributed by atoms with E-state index >= 15 is 0 Å². The SMILES string of the molecule is COC(=O)OCCSSc1ccccn1. The molecule has 0 aliphatic heterocycles. The van der Waals surface area contributed by atoms with Crippen LogP contribution in [0.1, 0.15) is 0 Å². The summed E-state index contributed by atoms with van der Waals surface area (Å²) in [6.45, 7) is 0.344. The van der Waals surface area contributed by atoms with Gasteiger partial charge in [-0.05, 0) is 22.9 Å². The molecule has 82 valence electrons. The maximum atomic E-state index is 10.6. The molecule has 0 fully saturated rings. The van der Waals surface area contributed by atoms with Crippen molar-refractivity contribution >= 4 is 27.7 Å². The molecule has 0 aliphatic rings. The van der Waals surface area contributed by atoms with Crippen LogP contribution >= 0.6 is 21.6 Å². The molecule has 0 saturated heterocycles. The Morgan fingerprint density at radius 1 is 1.53 bits per heavy atom. The van der Waals surface area contributed by atoms with Crippen molar-refractivity contribution in [1.29, 1.82) is 0 Å². The average molecular weight is 245 g/mol. The lowest BCUT2D eigenvalue weighted by Gasteiger charge is -2.01. The Bertz CT molecular complexity index is 295. The first-order valence-electron chi connectivity index (χ1n) is 4.24. The summed E-state index contributed by atoms with van der Waals surface area (Å²) >= 11 is 0. The van der Waals surface area contributed by atoms with E-state index in [0.29, 0.717) is 12.4 Å². The molecular weight excluding hydrogens is 234 g/mol. The van der Waals surface area contributed by atoms with Crippen LogP contribution in [0, 0.1) is 0 Å². The Morgan fingerprint density at radius 2 is 2.40 bits per heavy atom. The lowest BCUT2D eigenvalue weighted by Crippen LogP contribution is -2.06. The number of rotatable bonds is 5. The van der Waals surface area contributed by atoms with Crippen LogP contribution < -0.4 is 0 Å². The Hall–Kier alpha value is -0.880. The van der Waals surface area contributed by atoms with E-state index in [1.54, 1.807) is 27.8 Å². The average Bonchev–Trinajstić information content (AvgIpc) is 2.29. The number of carbonyl (C=O) groups excluding carboxylic acids is 1. The van der Waals surface area contributed by atoms with Gasteiger partial charge in [-0.1, -0.05) is 16.9 Å². The Balaban J connectivity index is 2.05. The molecule has 0 N–H and O–H groups in total. The predicted molar refractivity (Wildman–Crippen MR) is 60.9 cm³/mol. The minimum absolute atomic E-state index is 0.344. The van der Waals surface area contributed by atoms with Crippen molar-refractivity contribution in [2.75, 3.05) is 19.5 Å². The summed E-state index contributed by atoms with van der Waals surface area (Å²) in [6.07, 6.45) is 1.10. The van der Waals surface area contributed by atoms with Crippen LogP contribution in [-0.4, -0.2) is 30.6 Å². The van der Waals surface area contributed by atoms with Crippen LogP contribution in [0.2, 0.25) is 0 Å². The van der Waals surface area contributed by atoms with Crippen molar-refractivity contribution in [3.8, 4) is 0 Å². The molecule has 0 amide bonds. The number of hydrogen-bond acceptors (Lipinski definition) is 6. The molecule has 0 atom stereocenters. The lowest BCUT2D eigenvalue weighted by molar-refractivity contribution is 0.0779. The topological polar surface area (TPSA) is 48.4 Å². The molecule has 0 spiro atoms. The highest BCUT2D eigenvalue weighted by Gasteiger charge is 2.00. The number of ether oxygens (including phenoxy) is 2. The lowest BCUT2D eigenvalue weighted by atomic mass is 10.5. The summed E-state index contributed by atoms with van der Waals surface area (Å²) in [5.41, 5.74) is 0. The number of pyridine rings is 1. The number of aromatic nitrogens is 1. The monoisotopic (exact) mass is 245 g/mol. The van der Waals surface area contributed by atoms with E-state index < -0.39 is 6.16 Å². The van der Waals surface area contributed by atoms with Crippen LogP contribution in [0.4, 0.5) is 4.79 Å². The van der Waals surface area contributed by atoms with Crippen molar-refractivity contribution in [3.63, 3.8) is 0 Å². The van der Waals surface area contributed by atoms with Gasteiger partial charge in [0.1, 0.15) is 11.6 Å². The Kier molecular flexibility index (Phi) is 6.03. The molecule has 4 nitrogen and oxygen atoms in total. The zero-order valence-electron chi connectivity index (χ0n) is 8.21. The van der Waals surface area contributed by atoms with E-state index in [0.717, 1.165) is 5.03 Å². The Morgan fingerprint density at radius 3 is 3.07 bits per heavy atom. The number of methoxy groups -OCH3 is 1. The Labute approximate surface area is 96.1 Å². The molecule has 0 aliphatic carbocycles. The van der Waals surface area contributed by atoms with E-state index in [4.69, 9.17) is 4.74 Å². The second kappa shape index (κ2) is 7.42. The first-order chi connectivity index (χ1) is 7.33. The molecule has 0 unspecified atom stereocenters. The van der Waals surface area contributed by atoms with Gasteiger partial charge in [-0.15, -0.1) is 0 Å². The summed E-state index contributed by atoms with van der Waals surface area (Å²) in [6, 6.07) is 5.73. The fraction of sp³-hybridized carbons (Fsp3) is 0.333. The smallest absolute Gasteiger partial charge is 0.438 e. The van der Waals surface area contributed by atoms with Gasteiger partial charge in [0.25, 0.3) is 0 Å². The second-order valence-corrected chi connectivity index (χ2v) is 4.81. The largest absolute Gasteiger partial charge is 0.508 e. The summed E-state index contributed by atoms with van der Waals surface area (Å²) in [4.78, 5) is 14.7. The molecular formula is C9H11NO3S2. The number of nitrogens with zero attached hydrogens (tertiary/aromatic N) is 1. The molecule has 1 heterocycles. The molecule has 6 heteroatoms. The van der Waals surface area contributed by atoms with E-state index in [9.17, 15) is 4.79 Å². The van der Waals surface area contributed by atoms with Gasteiger partial charge < -0.3 is 9.47 Å². The normalized spacial score (nSPS) is 9.67. The molecule has 0 saturated carbocycles. The highest BCUT2D eigenvalue weighted by molar-refractivity contribution is 8.76. The molecule has 1 aromatic rings. The summed E-state index contributed by atoms with van der Waals surface area (Å²) in [5, 5.41) is 0.945. The third-order valence-electron chi connectivity index (χ3n) is 1.34. The van der Waals surface area contributed by atoms with Gasteiger partial charge in [-0.3, -0.25) is 0 Å². The highest BCUT2D eigenvalue weighted by atomic mass is 33.1. The van der Waals surface area contributed by atoms with Gasteiger partial charge >= 0.3 is 6.16 Å². The minimum Gasteiger partial charge on any atom is -0.438 e. The predicted octanol–water partition coefficient (Wildman–Crippen LogP) is 2.60. The van der Waals surface area contributed by atoms with E-state index in [-0.39, 0.29) is 0 Å². The maximum Gasteiger partial charge on any atom is 0.508 e. The van der Waals surface area contributed by atoms with Gasteiger partial charge in [-0.2, -0.15) is 0 Å². The van der Waals surface area contributed by atoms with Crippen LogP contribution in [0.15, 0.2) is 29.4 Å². The summed E-state index contributed by atoms with van der Waals surface area (Å²) in [7, 11) is 4.42. The number of carbonyl (C=O) groups is 1. The van der Waals surface area contributed by atoms with E-state index in [2.05, 4.69) is 9.72 Å². The third kappa shape index (κ3) is 5.54. The summed E-state index contributed by atoms with van der Waals surface area (Å²) < 4.78 is 9.04. The molecule has 1 rings (SSSR count). The van der Waals surface area contributed by atoms with E-state index in [1.165, 1.54) is 7.11 Å². The fourth-order valence-corrected chi connectivity index (χ4v) is 2.42. The van der Waals surface area contributed by atoms with Gasteiger partial charge in [0.15, 0.2) is 0 Å².